The van der Waals surface area contributed by atoms with Crippen LogP contribution in [0.5, 0.6) is 5.75 Å². The highest BCUT2D eigenvalue weighted by Gasteiger charge is 2.37. The molecule has 38 heavy (non-hydrogen) atoms. The lowest BCUT2D eigenvalue weighted by molar-refractivity contribution is -0.122. The molecule has 1 aliphatic rings. The highest BCUT2D eigenvalue weighted by Crippen LogP contribution is 2.34. The fourth-order valence-corrected chi connectivity index (χ4v) is 4.76. The molecule has 0 spiro atoms. The minimum atomic E-state index is -0.901. The van der Waals surface area contributed by atoms with Crippen molar-refractivity contribution in [3.63, 3.8) is 0 Å². The Morgan fingerprint density at radius 3 is 2.37 bits per heavy atom. The van der Waals surface area contributed by atoms with E-state index in [1.54, 1.807) is 24.3 Å². The van der Waals surface area contributed by atoms with Crippen molar-refractivity contribution in [2.75, 3.05) is 4.90 Å². The van der Waals surface area contributed by atoms with E-state index in [2.05, 4.69) is 5.32 Å². The molecule has 4 aromatic carbocycles. The molecule has 1 heterocycles. The zero-order valence-corrected chi connectivity index (χ0v) is 22.3. The third-order valence-electron chi connectivity index (χ3n) is 5.88. The second-order valence-corrected chi connectivity index (χ2v) is 9.94. The number of anilines is 1. The summed E-state index contributed by atoms with van der Waals surface area (Å²) in [5, 5.41) is 5.15. The molecule has 0 radical (unpaired) electrons. The number of urea groups is 1. The zero-order valence-electron chi connectivity index (χ0n) is 19.3. The predicted molar refractivity (Wildman–Crippen MR) is 150 cm³/mol. The van der Waals surface area contributed by atoms with Gasteiger partial charge >= 0.3 is 6.03 Å². The van der Waals surface area contributed by atoms with Crippen LogP contribution in [0, 0.1) is 0 Å². The van der Waals surface area contributed by atoms with Crippen LogP contribution in [0.4, 0.5) is 10.5 Å². The Bertz CT molecular complexity index is 1670. The summed E-state index contributed by atoms with van der Waals surface area (Å²) in [5.74, 6) is -1.26. The molecule has 5 rings (SSSR count). The van der Waals surface area contributed by atoms with E-state index in [4.69, 9.17) is 51.1 Å². The number of amides is 4. The number of hydrogen-bond acceptors (Lipinski definition) is 4. The monoisotopic (exact) mass is 584 g/mol. The number of barbiturate groups is 1. The number of rotatable bonds is 5. The summed E-state index contributed by atoms with van der Waals surface area (Å²) in [4.78, 5) is 39.8. The van der Waals surface area contributed by atoms with Crippen molar-refractivity contribution in [1.82, 2.24) is 5.32 Å². The van der Waals surface area contributed by atoms with Crippen LogP contribution in [0.15, 0.2) is 78.4 Å². The minimum Gasteiger partial charge on any atom is -0.488 e. The number of benzene rings is 4. The molecular weight excluding hydrogens is 570 g/mol. The number of nitrogens with zero attached hydrogens (tertiary/aromatic N) is 1. The van der Waals surface area contributed by atoms with Gasteiger partial charge in [0.05, 0.1) is 15.7 Å². The van der Waals surface area contributed by atoms with Crippen LogP contribution in [0.25, 0.3) is 16.8 Å². The second kappa shape index (κ2) is 10.7. The van der Waals surface area contributed by atoms with Gasteiger partial charge in [0.1, 0.15) is 17.9 Å². The molecule has 1 saturated heterocycles. The molecule has 190 valence electrons. The largest absolute Gasteiger partial charge is 0.488 e. The Balaban J connectivity index is 1.58. The first-order valence-electron chi connectivity index (χ1n) is 11.2. The Hall–Kier alpha value is -3.55. The van der Waals surface area contributed by atoms with E-state index >= 15 is 0 Å². The third kappa shape index (κ3) is 5.08. The summed E-state index contributed by atoms with van der Waals surface area (Å²) in [6.07, 6.45) is 1.41. The van der Waals surface area contributed by atoms with Crippen LogP contribution in [0.2, 0.25) is 20.1 Å². The number of ether oxygens (including phenoxy) is 1. The van der Waals surface area contributed by atoms with Gasteiger partial charge in [-0.2, -0.15) is 0 Å². The predicted octanol–water partition coefficient (Wildman–Crippen LogP) is 7.70. The number of fused-ring (bicyclic) bond motifs is 1. The number of carbonyl (C=O) groups excluding carboxylic acids is 3. The summed E-state index contributed by atoms with van der Waals surface area (Å²) in [7, 11) is 0. The first-order chi connectivity index (χ1) is 18.2. The number of nitrogens with one attached hydrogen (secondary N) is 1. The summed E-state index contributed by atoms with van der Waals surface area (Å²) < 4.78 is 6.10. The first kappa shape index (κ1) is 26.1. The SMILES string of the molecule is O=C1NC(=O)N(c2ccc(Cl)c(Cl)c2)C(=O)/C1=C/c1c(OCc2ccc(Cl)cc2Cl)ccc2ccccc12. The molecule has 6 nitrogen and oxygen atoms in total. The maximum Gasteiger partial charge on any atom is 0.335 e. The van der Waals surface area contributed by atoms with E-state index in [-0.39, 0.29) is 27.9 Å². The van der Waals surface area contributed by atoms with Gasteiger partial charge in [-0.3, -0.25) is 14.9 Å². The van der Waals surface area contributed by atoms with Crippen LogP contribution < -0.4 is 15.0 Å². The quantitative estimate of drug-likeness (QED) is 0.192. The normalized spacial score (nSPS) is 14.8. The number of carbonyl (C=O) groups is 3. The molecule has 1 aliphatic heterocycles. The molecule has 0 saturated carbocycles. The standard InChI is InChI=1S/C28H16Cl4N2O4/c29-17-7-5-16(23(31)11-17)14-38-25-10-6-15-3-1-2-4-19(15)20(25)13-21-26(35)33-28(37)34(27(21)36)18-8-9-22(30)24(32)12-18/h1-13H,14H2,(H,33,35,37)/b21-13+. The van der Waals surface area contributed by atoms with Gasteiger partial charge in [-0.15, -0.1) is 0 Å². The maximum absolute atomic E-state index is 13.5. The smallest absolute Gasteiger partial charge is 0.335 e. The summed E-state index contributed by atoms with van der Waals surface area (Å²) in [6.45, 7) is 0.110. The van der Waals surface area contributed by atoms with E-state index in [1.807, 2.05) is 30.3 Å². The molecule has 0 atom stereocenters. The summed E-state index contributed by atoms with van der Waals surface area (Å²) >= 11 is 24.4. The topological polar surface area (TPSA) is 75.7 Å². The van der Waals surface area contributed by atoms with Gasteiger partial charge in [-0.1, -0.05) is 82.8 Å². The van der Waals surface area contributed by atoms with Crippen molar-refractivity contribution in [2.24, 2.45) is 0 Å². The molecule has 4 aromatic rings. The molecular formula is C28H16Cl4N2O4. The van der Waals surface area contributed by atoms with Gasteiger partial charge in [-0.25, -0.2) is 9.69 Å². The minimum absolute atomic E-state index is 0.110. The molecule has 0 aliphatic carbocycles. The Kier molecular flexibility index (Phi) is 7.32. The van der Waals surface area contributed by atoms with Crippen LogP contribution in [0.1, 0.15) is 11.1 Å². The average Bonchev–Trinajstić information content (AvgIpc) is 2.88. The fourth-order valence-electron chi connectivity index (χ4n) is 4.01. The van der Waals surface area contributed by atoms with Gasteiger partial charge in [0.2, 0.25) is 0 Å². The number of imide groups is 2. The molecule has 1 fully saturated rings. The van der Waals surface area contributed by atoms with Crippen LogP contribution in [-0.4, -0.2) is 17.8 Å². The van der Waals surface area contributed by atoms with Crippen LogP contribution in [-0.2, 0) is 16.2 Å². The van der Waals surface area contributed by atoms with E-state index in [0.29, 0.717) is 26.9 Å². The summed E-state index contributed by atoms with van der Waals surface area (Å²) in [5.41, 5.74) is 1.08. The van der Waals surface area contributed by atoms with Crippen molar-refractivity contribution < 1.29 is 19.1 Å². The molecule has 1 N–H and O–H groups in total. The van der Waals surface area contributed by atoms with Gasteiger partial charge in [0, 0.05) is 21.2 Å². The van der Waals surface area contributed by atoms with Crippen LogP contribution >= 0.6 is 46.4 Å². The Labute approximate surface area is 237 Å². The van der Waals surface area contributed by atoms with E-state index in [9.17, 15) is 14.4 Å². The highest BCUT2D eigenvalue weighted by atomic mass is 35.5. The molecule has 0 bridgehead atoms. The van der Waals surface area contributed by atoms with E-state index in [0.717, 1.165) is 15.7 Å². The lowest BCUT2D eigenvalue weighted by Crippen LogP contribution is -2.54. The van der Waals surface area contributed by atoms with Crippen molar-refractivity contribution in [3.05, 3.63) is 110 Å². The van der Waals surface area contributed by atoms with Gasteiger partial charge in [-0.05, 0) is 53.2 Å². The van der Waals surface area contributed by atoms with Crippen molar-refractivity contribution in [1.29, 1.82) is 0 Å². The van der Waals surface area contributed by atoms with Crippen molar-refractivity contribution >= 4 is 86.8 Å². The molecule has 0 unspecified atom stereocenters. The highest BCUT2D eigenvalue weighted by molar-refractivity contribution is 6.43. The molecule has 10 heteroatoms. The summed E-state index contributed by atoms with van der Waals surface area (Å²) in [6, 6.07) is 19.5. The molecule has 4 amide bonds. The maximum atomic E-state index is 13.5. The average molecular weight is 586 g/mol. The second-order valence-electron chi connectivity index (χ2n) is 8.28. The first-order valence-corrected chi connectivity index (χ1v) is 12.7. The van der Waals surface area contributed by atoms with Gasteiger partial charge in [0.15, 0.2) is 0 Å². The van der Waals surface area contributed by atoms with E-state index < -0.39 is 17.8 Å². The fraction of sp³-hybridized carbons (Fsp3) is 0.0357. The van der Waals surface area contributed by atoms with Gasteiger partial charge < -0.3 is 4.74 Å². The van der Waals surface area contributed by atoms with Crippen molar-refractivity contribution in [3.8, 4) is 5.75 Å². The van der Waals surface area contributed by atoms with E-state index in [1.165, 1.54) is 24.3 Å². The Morgan fingerprint density at radius 2 is 1.61 bits per heavy atom. The lowest BCUT2D eigenvalue weighted by Gasteiger charge is -2.26. The molecule has 0 aromatic heterocycles. The zero-order chi connectivity index (χ0) is 27.0. The lowest BCUT2D eigenvalue weighted by atomic mass is 9.99. The number of halogens is 4. The van der Waals surface area contributed by atoms with Crippen molar-refractivity contribution in [2.45, 2.75) is 6.61 Å². The van der Waals surface area contributed by atoms with Crippen LogP contribution in [0.3, 0.4) is 0 Å². The van der Waals surface area contributed by atoms with Gasteiger partial charge in [0.25, 0.3) is 11.8 Å². The number of hydrogen-bond donors (Lipinski definition) is 1. The Morgan fingerprint density at radius 1 is 0.816 bits per heavy atom. The third-order valence-corrected chi connectivity index (χ3v) is 7.21.